The lowest BCUT2D eigenvalue weighted by atomic mass is 10.0. The highest BCUT2D eigenvalue weighted by molar-refractivity contribution is 8.01. The standard InChI is InChI=1S/C19H16N4O6S3/c1-8-21-22-19(32-8)31-7-9-6-30-16-12(15(25)23(16)13(9)18(28)29)20-14(24)10-4-2-3-5-11(10)17(26)27/h2-5,12,16H,6-7H2,1H3,(H,20,24)(H,26,27)(H,28,29)/t12?,16-/m0/s1. The van der Waals surface area contributed by atoms with Crippen LogP contribution in [0, 0.1) is 6.92 Å². The summed E-state index contributed by atoms with van der Waals surface area (Å²) in [5.74, 6) is -2.99. The van der Waals surface area contributed by atoms with Gasteiger partial charge in [0, 0.05) is 11.5 Å². The number of carbonyl (C=O) groups excluding carboxylic acids is 2. The summed E-state index contributed by atoms with van der Waals surface area (Å²) in [6.45, 7) is 1.83. The Balaban J connectivity index is 1.50. The van der Waals surface area contributed by atoms with Crippen molar-refractivity contribution in [2.75, 3.05) is 11.5 Å². The monoisotopic (exact) mass is 492 g/mol. The fourth-order valence-electron chi connectivity index (χ4n) is 3.37. The van der Waals surface area contributed by atoms with Crippen molar-refractivity contribution in [1.82, 2.24) is 20.4 Å². The third-order valence-electron chi connectivity index (χ3n) is 4.82. The van der Waals surface area contributed by atoms with Crippen LogP contribution in [0.1, 0.15) is 25.7 Å². The topological polar surface area (TPSA) is 150 Å². The number of nitrogens with one attached hydrogen (secondary N) is 1. The number of fused-ring (bicyclic) bond motifs is 1. The minimum Gasteiger partial charge on any atom is -0.478 e. The van der Waals surface area contributed by atoms with Gasteiger partial charge in [-0.2, -0.15) is 0 Å². The maximum atomic E-state index is 12.8. The van der Waals surface area contributed by atoms with Gasteiger partial charge in [0.15, 0.2) is 4.34 Å². The summed E-state index contributed by atoms with van der Waals surface area (Å²) in [4.78, 5) is 49.9. The highest BCUT2D eigenvalue weighted by atomic mass is 32.2. The van der Waals surface area contributed by atoms with E-state index in [9.17, 15) is 29.4 Å². The zero-order chi connectivity index (χ0) is 23.0. The van der Waals surface area contributed by atoms with E-state index in [1.165, 1.54) is 64.0 Å². The van der Waals surface area contributed by atoms with E-state index in [0.717, 1.165) is 5.01 Å². The molecule has 2 aliphatic rings. The number of carboxylic acid groups (broad SMARTS) is 2. The van der Waals surface area contributed by atoms with Crippen molar-refractivity contribution in [2.45, 2.75) is 22.7 Å². The fraction of sp³-hybridized carbons (Fsp3) is 0.263. The number of carbonyl (C=O) groups is 4. The average Bonchev–Trinajstić information content (AvgIpc) is 3.19. The Morgan fingerprint density at radius 2 is 1.91 bits per heavy atom. The van der Waals surface area contributed by atoms with Gasteiger partial charge in [-0.05, 0) is 24.6 Å². The van der Waals surface area contributed by atoms with Gasteiger partial charge in [-0.25, -0.2) is 9.59 Å². The normalized spacial score (nSPS) is 19.9. The molecule has 13 heteroatoms. The van der Waals surface area contributed by atoms with Gasteiger partial charge in [0.1, 0.15) is 22.1 Å². The number of β-lactam (4-membered cyclic amide) rings is 1. The first-order valence-corrected chi connectivity index (χ1v) is 12.1. The Bertz CT molecular complexity index is 1160. The molecule has 0 spiro atoms. The van der Waals surface area contributed by atoms with Crippen molar-refractivity contribution in [3.63, 3.8) is 0 Å². The second-order valence-corrected chi connectivity index (χ2v) is 10.4. The van der Waals surface area contributed by atoms with E-state index in [0.29, 0.717) is 21.4 Å². The predicted molar refractivity (Wildman–Crippen MR) is 118 cm³/mol. The van der Waals surface area contributed by atoms with Gasteiger partial charge in [0.25, 0.3) is 11.8 Å². The number of hydrogen-bond acceptors (Lipinski definition) is 9. The van der Waals surface area contributed by atoms with Crippen LogP contribution in [0.15, 0.2) is 39.9 Å². The van der Waals surface area contributed by atoms with Crippen LogP contribution in [0.25, 0.3) is 0 Å². The van der Waals surface area contributed by atoms with Crippen molar-refractivity contribution in [2.24, 2.45) is 0 Å². The number of aliphatic carboxylic acids is 1. The summed E-state index contributed by atoms with van der Waals surface area (Å²) < 4.78 is 0.712. The maximum Gasteiger partial charge on any atom is 0.352 e. The number of amides is 2. The highest BCUT2D eigenvalue weighted by Crippen LogP contribution is 2.41. The Hall–Kier alpha value is -2.90. The molecule has 166 valence electrons. The third-order valence-corrected chi connectivity index (χ3v) is 8.21. The zero-order valence-corrected chi connectivity index (χ0v) is 18.9. The largest absolute Gasteiger partial charge is 0.478 e. The van der Waals surface area contributed by atoms with Crippen molar-refractivity contribution in [3.05, 3.63) is 51.7 Å². The molecule has 3 N–H and O–H groups in total. The van der Waals surface area contributed by atoms with Crippen LogP contribution in [-0.4, -0.2) is 72.0 Å². The Kier molecular flexibility index (Phi) is 6.22. The minimum absolute atomic E-state index is 0.0644. The lowest BCUT2D eigenvalue weighted by molar-refractivity contribution is -0.148. The minimum atomic E-state index is -1.26. The molecule has 2 aromatic rings. The van der Waals surface area contributed by atoms with E-state index in [1.54, 1.807) is 0 Å². The molecule has 2 atom stereocenters. The van der Waals surface area contributed by atoms with Crippen molar-refractivity contribution >= 4 is 58.6 Å². The number of thioether (sulfide) groups is 2. The molecule has 32 heavy (non-hydrogen) atoms. The number of aryl methyl sites for hydroxylation is 1. The molecule has 1 saturated heterocycles. The Labute approximate surface area is 194 Å². The van der Waals surface area contributed by atoms with E-state index in [2.05, 4.69) is 15.5 Å². The Morgan fingerprint density at radius 3 is 2.53 bits per heavy atom. The molecule has 1 fully saturated rings. The predicted octanol–water partition coefficient (Wildman–Crippen LogP) is 1.69. The maximum absolute atomic E-state index is 12.8. The van der Waals surface area contributed by atoms with E-state index in [-0.39, 0.29) is 16.8 Å². The molecule has 2 aliphatic heterocycles. The number of benzene rings is 1. The number of aromatic nitrogens is 2. The molecule has 1 aromatic heterocycles. The third kappa shape index (κ3) is 4.10. The molecule has 1 aromatic carbocycles. The molecule has 4 rings (SSSR count). The van der Waals surface area contributed by atoms with Crippen LogP contribution < -0.4 is 5.32 Å². The molecule has 3 heterocycles. The zero-order valence-electron chi connectivity index (χ0n) is 16.5. The van der Waals surface area contributed by atoms with Crippen molar-refractivity contribution in [3.8, 4) is 0 Å². The van der Waals surface area contributed by atoms with Crippen LogP contribution >= 0.6 is 34.9 Å². The highest BCUT2D eigenvalue weighted by Gasteiger charge is 2.54. The van der Waals surface area contributed by atoms with E-state index < -0.39 is 35.2 Å². The lowest BCUT2D eigenvalue weighted by Gasteiger charge is -2.49. The fourth-order valence-corrected chi connectivity index (χ4v) is 6.67. The first-order valence-electron chi connectivity index (χ1n) is 9.24. The van der Waals surface area contributed by atoms with Crippen LogP contribution in [0.4, 0.5) is 0 Å². The molecule has 0 radical (unpaired) electrons. The summed E-state index contributed by atoms with van der Waals surface area (Å²) >= 11 is 4.11. The van der Waals surface area contributed by atoms with Gasteiger partial charge in [0.05, 0.1) is 11.1 Å². The van der Waals surface area contributed by atoms with Crippen molar-refractivity contribution < 1.29 is 29.4 Å². The summed E-state index contributed by atoms with van der Waals surface area (Å²) in [6, 6.07) is 4.75. The summed E-state index contributed by atoms with van der Waals surface area (Å²) in [6.07, 6.45) is 0. The van der Waals surface area contributed by atoms with Crippen LogP contribution in [0.3, 0.4) is 0 Å². The molecule has 0 saturated carbocycles. The summed E-state index contributed by atoms with van der Waals surface area (Å²) in [5.41, 5.74) is 0.266. The van der Waals surface area contributed by atoms with E-state index in [1.807, 2.05) is 6.92 Å². The molecule has 0 bridgehead atoms. The van der Waals surface area contributed by atoms with E-state index in [4.69, 9.17) is 0 Å². The van der Waals surface area contributed by atoms with Crippen LogP contribution in [0.2, 0.25) is 0 Å². The first-order chi connectivity index (χ1) is 15.3. The van der Waals surface area contributed by atoms with Gasteiger partial charge in [0.2, 0.25) is 0 Å². The quantitative estimate of drug-likeness (QED) is 0.385. The molecule has 2 amide bonds. The number of rotatable bonds is 7. The lowest BCUT2D eigenvalue weighted by Crippen LogP contribution is -2.70. The smallest absolute Gasteiger partial charge is 0.352 e. The molecular weight excluding hydrogens is 476 g/mol. The van der Waals surface area contributed by atoms with Gasteiger partial charge in [-0.1, -0.05) is 35.2 Å². The van der Waals surface area contributed by atoms with Crippen molar-refractivity contribution in [1.29, 1.82) is 0 Å². The number of aromatic carboxylic acids is 1. The van der Waals surface area contributed by atoms with Crippen LogP contribution in [0.5, 0.6) is 0 Å². The van der Waals surface area contributed by atoms with Gasteiger partial charge >= 0.3 is 11.9 Å². The van der Waals surface area contributed by atoms with Gasteiger partial charge in [-0.15, -0.1) is 22.0 Å². The van der Waals surface area contributed by atoms with Crippen LogP contribution in [-0.2, 0) is 9.59 Å². The molecule has 1 unspecified atom stereocenters. The second kappa shape index (κ2) is 8.92. The van der Waals surface area contributed by atoms with E-state index >= 15 is 0 Å². The average molecular weight is 493 g/mol. The first kappa shape index (κ1) is 22.3. The van der Waals surface area contributed by atoms with Gasteiger partial charge in [-0.3, -0.25) is 14.5 Å². The number of nitrogens with zero attached hydrogens (tertiary/aromatic N) is 3. The molecule has 10 nitrogen and oxygen atoms in total. The molecular formula is C19H16N4O6S3. The molecule has 0 aliphatic carbocycles. The second-order valence-electron chi connectivity index (χ2n) is 6.84. The SMILES string of the molecule is Cc1nnc(SCC2=C(C(=O)O)N3C(=O)C(NC(=O)c4ccccc4C(=O)O)[C@@H]3SC2)s1. The summed E-state index contributed by atoms with van der Waals surface area (Å²) in [7, 11) is 0. The number of hydrogen-bond donors (Lipinski definition) is 3. The van der Waals surface area contributed by atoms with Gasteiger partial charge < -0.3 is 15.5 Å². The number of carboxylic acids is 2. The Morgan fingerprint density at radius 1 is 1.19 bits per heavy atom. The summed E-state index contributed by atoms with van der Waals surface area (Å²) in [5, 5.41) is 29.8.